The summed E-state index contributed by atoms with van der Waals surface area (Å²) < 4.78 is 0. The van der Waals surface area contributed by atoms with E-state index in [4.69, 9.17) is 0 Å². The molecule has 0 spiro atoms. The Kier molecular flexibility index (Phi) is 3.00. The van der Waals surface area contributed by atoms with Gasteiger partial charge in [-0.05, 0) is 11.3 Å². The number of pyridine rings is 1. The zero-order chi connectivity index (χ0) is 12.7. The first kappa shape index (κ1) is 12.5. The first-order chi connectivity index (χ1) is 7.82. The van der Waals surface area contributed by atoms with Crippen LogP contribution in [0, 0.1) is 0 Å². The van der Waals surface area contributed by atoms with Gasteiger partial charge in [-0.2, -0.15) is 0 Å². The van der Waals surface area contributed by atoms with E-state index in [0.29, 0.717) is 0 Å². The number of hydrogen-bond acceptors (Lipinski definition) is 1. The van der Waals surface area contributed by atoms with Gasteiger partial charge in [-0.25, -0.2) is 0 Å². The Labute approximate surface area is 106 Å². The smallest absolute Gasteiger partial charge is 0.0756 e. The Morgan fingerprint density at radius 1 is 0.941 bits per heavy atom. The molecule has 0 amide bonds. The van der Waals surface area contributed by atoms with E-state index >= 15 is 0 Å². The molecule has 0 fully saturated rings. The third-order valence-corrected chi connectivity index (χ3v) is 21.8. The van der Waals surface area contributed by atoms with Crippen LogP contribution in [0.25, 0.3) is 10.9 Å². The van der Waals surface area contributed by atoms with Crippen molar-refractivity contribution in [3.8, 4) is 0 Å². The van der Waals surface area contributed by atoms with Gasteiger partial charge in [0.15, 0.2) is 0 Å². The van der Waals surface area contributed by atoms with Gasteiger partial charge in [0.05, 0.1) is 13.1 Å². The molecule has 1 aromatic carbocycles. The molecule has 0 unspecified atom stereocenters. The summed E-state index contributed by atoms with van der Waals surface area (Å²) in [5.74, 6) is 0. The Balaban J connectivity index is 2.57. The molecule has 0 radical (unpaired) electrons. The quantitative estimate of drug-likeness (QED) is 0.751. The molecule has 0 aliphatic carbocycles. The Bertz CT molecular complexity index is 541. The lowest BCUT2D eigenvalue weighted by atomic mass is 10.2. The van der Waals surface area contributed by atoms with E-state index in [9.17, 15) is 0 Å². The standard InChI is InChI=1S/C14H21NSi2/c1-16(2,3)17(4,5)13-10-12-8-6-7-9-14(12)15-11-13/h6-11H,1-5H3. The second-order valence-corrected chi connectivity index (χ2v) is 22.9. The van der Waals surface area contributed by atoms with E-state index in [1.165, 1.54) is 10.6 Å². The maximum atomic E-state index is 4.62. The first-order valence-corrected chi connectivity index (χ1v) is 13.7. The summed E-state index contributed by atoms with van der Waals surface area (Å²) in [6, 6.07) is 10.8. The summed E-state index contributed by atoms with van der Waals surface area (Å²) in [6.45, 7) is 12.4. The fraction of sp³-hybridized carbons (Fsp3) is 0.357. The number of fused-ring (bicyclic) bond motifs is 1. The van der Waals surface area contributed by atoms with E-state index in [2.05, 4.69) is 74.2 Å². The number of benzene rings is 1. The molecule has 0 bridgehead atoms. The Morgan fingerprint density at radius 2 is 1.59 bits per heavy atom. The van der Waals surface area contributed by atoms with Crippen molar-refractivity contribution in [3.05, 3.63) is 36.5 Å². The molecule has 0 aliphatic rings. The lowest BCUT2D eigenvalue weighted by Crippen LogP contribution is -2.61. The van der Waals surface area contributed by atoms with Crippen LogP contribution in [0.15, 0.2) is 36.5 Å². The van der Waals surface area contributed by atoms with Gasteiger partial charge >= 0.3 is 0 Å². The molecule has 3 heteroatoms. The van der Waals surface area contributed by atoms with Crippen LogP contribution in [0.5, 0.6) is 0 Å². The molecule has 0 saturated carbocycles. The third kappa shape index (κ3) is 2.22. The lowest BCUT2D eigenvalue weighted by molar-refractivity contribution is 1.43. The third-order valence-electron chi connectivity index (χ3n) is 4.19. The van der Waals surface area contributed by atoms with E-state index in [1.54, 1.807) is 0 Å². The highest BCUT2D eigenvalue weighted by atomic mass is 29.3. The van der Waals surface area contributed by atoms with Crippen LogP contribution < -0.4 is 5.19 Å². The molecule has 0 saturated heterocycles. The maximum Gasteiger partial charge on any atom is 0.0756 e. The summed E-state index contributed by atoms with van der Waals surface area (Å²) in [5.41, 5.74) is 1.11. The van der Waals surface area contributed by atoms with E-state index in [1.807, 2.05) is 0 Å². The monoisotopic (exact) mass is 259 g/mol. The Hall–Kier alpha value is -0.936. The zero-order valence-corrected chi connectivity index (χ0v) is 13.4. The minimum absolute atomic E-state index is 1.11. The summed E-state index contributed by atoms with van der Waals surface area (Å²) in [4.78, 5) is 4.62. The number of rotatable bonds is 2. The summed E-state index contributed by atoms with van der Waals surface area (Å²) in [6.07, 6.45) is 2.12. The van der Waals surface area contributed by atoms with Gasteiger partial charge < -0.3 is 0 Å². The molecule has 17 heavy (non-hydrogen) atoms. The molecular weight excluding hydrogens is 238 g/mol. The van der Waals surface area contributed by atoms with Crippen molar-refractivity contribution in [2.24, 2.45) is 0 Å². The van der Waals surface area contributed by atoms with E-state index in [-0.39, 0.29) is 0 Å². The van der Waals surface area contributed by atoms with Crippen molar-refractivity contribution < 1.29 is 0 Å². The normalized spacial score (nSPS) is 13.0. The van der Waals surface area contributed by atoms with Crippen LogP contribution in [-0.4, -0.2) is 20.2 Å². The maximum absolute atomic E-state index is 4.62. The predicted molar refractivity (Wildman–Crippen MR) is 82.2 cm³/mol. The highest BCUT2D eigenvalue weighted by Crippen LogP contribution is 2.20. The van der Waals surface area contributed by atoms with Crippen molar-refractivity contribution in [3.63, 3.8) is 0 Å². The predicted octanol–water partition coefficient (Wildman–Crippen LogP) is 3.57. The molecule has 2 aromatic rings. The molecule has 0 atom stereocenters. The van der Waals surface area contributed by atoms with Crippen LogP contribution >= 0.6 is 0 Å². The van der Waals surface area contributed by atoms with E-state index in [0.717, 1.165) is 5.52 Å². The van der Waals surface area contributed by atoms with Crippen LogP contribution in [0.3, 0.4) is 0 Å². The molecule has 90 valence electrons. The number of hydrogen-bond donors (Lipinski definition) is 0. The van der Waals surface area contributed by atoms with Crippen molar-refractivity contribution in [2.45, 2.75) is 32.7 Å². The summed E-state index contributed by atoms with van der Waals surface area (Å²) >= 11 is 0. The second kappa shape index (κ2) is 4.07. The van der Waals surface area contributed by atoms with Crippen LogP contribution in [0.1, 0.15) is 0 Å². The lowest BCUT2D eigenvalue weighted by Gasteiger charge is -2.35. The van der Waals surface area contributed by atoms with E-state index < -0.39 is 15.2 Å². The first-order valence-electron chi connectivity index (χ1n) is 6.18. The summed E-state index contributed by atoms with van der Waals surface area (Å²) in [5, 5.41) is 2.79. The van der Waals surface area contributed by atoms with Gasteiger partial charge in [-0.1, -0.05) is 57.0 Å². The summed E-state index contributed by atoms with van der Waals surface area (Å²) in [7, 11) is -2.44. The number of para-hydroxylation sites is 1. The van der Waals surface area contributed by atoms with Gasteiger partial charge in [-0.3, -0.25) is 4.98 Å². The highest BCUT2D eigenvalue weighted by molar-refractivity contribution is 7.45. The van der Waals surface area contributed by atoms with Crippen molar-refractivity contribution in [1.29, 1.82) is 0 Å². The van der Waals surface area contributed by atoms with Crippen LogP contribution in [0.2, 0.25) is 32.7 Å². The van der Waals surface area contributed by atoms with Gasteiger partial charge in [0.2, 0.25) is 0 Å². The minimum atomic E-state index is -1.32. The minimum Gasteiger partial charge on any atom is -0.256 e. The van der Waals surface area contributed by atoms with Gasteiger partial charge in [-0.15, -0.1) is 0 Å². The van der Waals surface area contributed by atoms with Crippen molar-refractivity contribution in [1.82, 2.24) is 4.98 Å². The second-order valence-electron chi connectivity index (χ2n) is 6.29. The van der Waals surface area contributed by atoms with Crippen molar-refractivity contribution >= 4 is 31.3 Å². The molecule has 0 aliphatic heterocycles. The fourth-order valence-corrected chi connectivity index (χ4v) is 6.62. The van der Waals surface area contributed by atoms with Gasteiger partial charge in [0, 0.05) is 19.2 Å². The van der Waals surface area contributed by atoms with Crippen molar-refractivity contribution in [2.75, 3.05) is 0 Å². The zero-order valence-electron chi connectivity index (χ0n) is 11.4. The number of aromatic nitrogens is 1. The molecule has 1 aromatic heterocycles. The number of nitrogens with zero attached hydrogens (tertiary/aromatic N) is 1. The van der Waals surface area contributed by atoms with Crippen LogP contribution in [0.4, 0.5) is 0 Å². The largest absolute Gasteiger partial charge is 0.256 e. The van der Waals surface area contributed by atoms with Gasteiger partial charge in [0.25, 0.3) is 0 Å². The Morgan fingerprint density at radius 3 is 2.24 bits per heavy atom. The average molecular weight is 260 g/mol. The topological polar surface area (TPSA) is 12.9 Å². The SMILES string of the molecule is C[Si](C)(C)[Si](C)(C)c1cnc2ccccc2c1. The molecule has 2 rings (SSSR count). The molecular formula is C14H21NSi2. The van der Waals surface area contributed by atoms with Gasteiger partial charge in [0.1, 0.15) is 0 Å². The highest BCUT2D eigenvalue weighted by Gasteiger charge is 2.38. The fourth-order valence-electron chi connectivity index (χ4n) is 1.85. The molecule has 1 nitrogen and oxygen atoms in total. The molecule has 1 heterocycles. The van der Waals surface area contributed by atoms with Crippen LogP contribution in [-0.2, 0) is 0 Å². The average Bonchev–Trinajstić information content (AvgIpc) is 2.27. The molecule has 0 N–H and O–H groups in total.